The summed E-state index contributed by atoms with van der Waals surface area (Å²) in [7, 11) is 1.88. The molecule has 2 fully saturated rings. The van der Waals surface area contributed by atoms with Crippen molar-refractivity contribution in [1.82, 2.24) is 15.5 Å². The molecular formula is C26H37N5. The van der Waals surface area contributed by atoms with Gasteiger partial charge in [-0.15, -0.1) is 0 Å². The maximum Gasteiger partial charge on any atom is 0.191 e. The zero-order chi connectivity index (χ0) is 21.5. The molecule has 2 unspecified atom stereocenters. The average Bonchev–Trinajstić information content (AvgIpc) is 3.46. The van der Waals surface area contributed by atoms with Crippen molar-refractivity contribution in [3.05, 3.63) is 65.7 Å². The molecule has 4 rings (SSSR count). The summed E-state index contributed by atoms with van der Waals surface area (Å²) in [6.07, 6.45) is 3.55. The summed E-state index contributed by atoms with van der Waals surface area (Å²) in [5.74, 6) is 1.64. The molecule has 5 nitrogen and oxygen atoms in total. The smallest absolute Gasteiger partial charge is 0.191 e. The monoisotopic (exact) mass is 419 g/mol. The number of likely N-dealkylation sites (tertiary alicyclic amines) is 1. The van der Waals surface area contributed by atoms with Gasteiger partial charge in [-0.1, -0.05) is 48.0 Å². The van der Waals surface area contributed by atoms with Gasteiger partial charge >= 0.3 is 0 Å². The molecule has 166 valence electrons. The molecule has 0 amide bonds. The van der Waals surface area contributed by atoms with Crippen LogP contribution in [-0.4, -0.2) is 63.2 Å². The van der Waals surface area contributed by atoms with Crippen LogP contribution in [0, 0.1) is 12.8 Å². The zero-order valence-corrected chi connectivity index (χ0v) is 19.1. The molecule has 2 saturated heterocycles. The highest BCUT2D eigenvalue weighted by Crippen LogP contribution is 2.21. The van der Waals surface area contributed by atoms with Gasteiger partial charge in [0.15, 0.2) is 5.96 Å². The predicted molar refractivity (Wildman–Crippen MR) is 131 cm³/mol. The molecule has 2 heterocycles. The molecular weight excluding hydrogens is 382 g/mol. The van der Waals surface area contributed by atoms with Crippen molar-refractivity contribution in [2.75, 3.05) is 51.2 Å². The summed E-state index contributed by atoms with van der Waals surface area (Å²) in [6, 6.07) is 20.1. The summed E-state index contributed by atoms with van der Waals surface area (Å²) in [5, 5.41) is 7.23. The van der Waals surface area contributed by atoms with E-state index in [-0.39, 0.29) is 0 Å². The molecule has 0 spiro atoms. The van der Waals surface area contributed by atoms with Crippen LogP contribution in [0.1, 0.15) is 24.0 Å². The normalized spacial score (nSPS) is 22.1. The van der Waals surface area contributed by atoms with Gasteiger partial charge in [-0.3, -0.25) is 4.99 Å². The molecule has 2 N–H and O–H groups in total. The Labute approximate surface area is 187 Å². The highest BCUT2D eigenvalue weighted by Gasteiger charge is 2.25. The number of nitrogens with zero attached hydrogens (tertiary/aromatic N) is 3. The number of nitrogens with one attached hydrogen (secondary N) is 2. The second-order valence-electron chi connectivity index (χ2n) is 9.06. The van der Waals surface area contributed by atoms with Gasteiger partial charge in [-0.2, -0.15) is 0 Å². The fourth-order valence-corrected chi connectivity index (χ4v) is 4.71. The second-order valence-corrected chi connectivity index (χ2v) is 9.06. The zero-order valence-electron chi connectivity index (χ0n) is 19.1. The molecule has 5 heteroatoms. The molecule has 0 aliphatic carbocycles. The lowest BCUT2D eigenvalue weighted by Gasteiger charge is -2.21. The Balaban J connectivity index is 1.17. The average molecular weight is 420 g/mol. The van der Waals surface area contributed by atoms with Crippen LogP contribution in [-0.2, 0) is 6.42 Å². The fourth-order valence-electron chi connectivity index (χ4n) is 4.71. The van der Waals surface area contributed by atoms with Crippen molar-refractivity contribution >= 4 is 11.6 Å². The largest absolute Gasteiger partial charge is 0.369 e. The molecule has 0 saturated carbocycles. The number of guanidine groups is 1. The molecule has 2 atom stereocenters. The summed E-state index contributed by atoms with van der Waals surface area (Å²) >= 11 is 0. The fraction of sp³-hybridized carbons (Fsp3) is 0.500. The van der Waals surface area contributed by atoms with Crippen LogP contribution in [0.25, 0.3) is 0 Å². The van der Waals surface area contributed by atoms with Crippen LogP contribution >= 0.6 is 0 Å². The highest BCUT2D eigenvalue weighted by atomic mass is 15.2. The summed E-state index contributed by atoms with van der Waals surface area (Å²) < 4.78 is 0. The van der Waals surface area contributed by atoms with E-state index >= 15 is 0 Å². The molecule has 31 heavy (non-hydrogen) atoms. The Morgan fingerprint density at radius 2 is 1.81 bits per heavy atom. The third-order valence-electron chi connectivity index (χ3n) is 6.64. The molecule has 2 aliphatic rings. The second kappa shape index (κ2) is 10.7. The standard InChI is InChI=1S/C26H37N5/c1-21-8-10-25(11-9-21)31-17-14-24(20-31)29-26(27-2)28-18-23-13-16-30(19-23)15-12-22-6-4-3-5-7-22/h3-11,23-24H,12-20H2,1-2H3,(H2,27,28,29). The third kappa shape index (κ3) is 6.23. The quantitative estimate of drug-likeness (QED) is 0.534. The Morgan fingerprint density at radius 1 is 1.00 bits per heavy atom. The van der Waals surface area contributed by atoms with Gasteiger partial charge in [-0.25, -0.2) is 0 Å². The number of aryl methyl sites for hydroxylation is 1. The maximum atomic E-state index is 4.48. The van der Waals surface area contributed by atoms with E-state index in [0.717, 1.165) is 45.0 Å². The molecule has 0 radical (unpaired) electrons. The van der Waals surface area contributed by atoms with E-state index < -0.39 is 0 Å². The number of anilines is 1. The van der Waals surface area contributed by atoms with Crippen LogP contribution in [0.4, 0.5) is 5.69 Å². The first kappa shape index (κ1) is 21.7. The van der Waals surface area contributed by atoms with Gasteiger partial charge in [0.25, 0.3) is 0 Å². The molecule has 2 aliphatic heterocycles. The lowest BCUT2D eigenvalue weighted by Crippen LogP contribution is -2.46. The third-order valence-corrected chi connectivity index (χ3v) is 6.64. The molecule has 0 bridgehead atoms. The van der Waals surface area contributed by atoms with E-state index in [1.165, 1.54) is 36.3 Å². The minimum absolute atomic E-state index is 0.443. The first-order valence-corrected chi connectivity index (χ1v) is 11.7. The number of rotatable bonds is 7. The van der Waals surface area contributed by atoms with Gasteiger partial charge in [0.1, 0.15) is 0 Å². The van der Waals surface area contributed by atoms with E-state index in [1.807, 2.05) is 7.05 Å². The summed E-state index contributed by atoms with van der Waals surface area (Å²) in [5.41, 5.74) is 4.07. The van der Waals surface area contributed by atoms with E-state index in [0.29, 0.717) is 12.0 Å². The lowest BCUT2D eigenvalue weighted by molar-refractivity contribution is 0.328. The first-order valence-electron chi connectivity index (χ1n) is 11.7. The Morgan fingerprint density at radius 3 is 2.58 bits per heavy atom. The Kier molecular flexibility index (Phi) is 7.47. The predicted octanol–water partition coefficient (Wildman–Crippen LogP) is 3.30. The van der Waals surface area contributed by atoms with Gasteiger partial charge in [-0.05, 0) is 56.3 Å². The van der Waals surface area contributed by atoms with Gasteiger partial charge in [0.2, 0.25) is 0 Å². The molecule has 2 aromatic carbocycles. The van der Waals surface area contributed by atoms with Crippen LogP contribution in [0.2, 0.25) is 0 Å². The number of hydrogen-bond donors (Lipinski definition) is 2. The van der Waals surface area contributed by atoms with Crippen molar-refractivity contribution in [2.45, 2.75) is 32.2 Å². The lowest BCUT2D eigenvalue weighted by atomic mass is 10.1. The maximum absolute atomic E-state index is 4.48. The van der Waals surface area contributed by atoms with Crippen molar-refractivity contribution in [1.29, 1.82) is 0 Å². The van der Waals surface area contributed by atoms with Crippen molar-refractivity contribution in [3.63, 3.8) is 0 Å². The van der Waals surface area contributed by atoms with E-state index in [9.17, 15) is 0 Å². The van der Waals surface area contributed by atoms with E-state index in [2.05, 4.69) is 86.9 Å². The van der Waals surface area contributed by atoms with Gasteiger partial charge in [0.05, 0.1) is 0 Å². The summed E-state index contributed by atoms with van der Waals surface area (Å²) in [6.45, 7) is 8.80. The van der Waals surface area contributed by atoms with Crippen molar-refractivity contribution < 1.29 is 0 Å². The summed E-state index contributed by atoms with van der Waals surface area (Å²) in [4.78, 5) is 9.55. The van der Waals surface area contributed by atoms with E-state index in [1.54, 1.807) is 0 Å². The van der Waals surface area contributed by atoms with E-state index in [4.69, 9.17) is 0 Å². The van der Waals surface area contributed by atoms with Crippen LogP contribution in [0.5, 0.6) is 0 Å². The van der Waals surface area contributed by atoms with Crippen molar-refractivity contribution in [3.8, 4) is 0 Å². The molecule has 0 aromatic heterocycles. The Hall–Kier alpha value is -2.53. The van der Waals surface area contributed by atoms with Crippen LogP contribution < -0.4 is 15.5 Å². The van der Waals surface area contributed by atoms with Crippen LogP contribution in [0.15, 0.2) is 59.6 Å². The minimum Gasteiger partial charge on any atom is -0.369 e. The van der Waals surface area contributed by atoms with Gasteiger partial charge < -0.3 is 20.4 Å². The molecule has 2 aromatic rings. The SMILES string of the molecule is CN=C(NCC1CCN(CCc2ccccc2)C1)NC1CCN(c2ccc(C)cc2)C1. The Bertz CT molecular complexity index is 833. The van der Waals surface area contributed by atoms with Crippen molar-refractivity contribution in [2.24, 2.45) is 10.9 Å². The van der Waals surface area contributed by atoms with Gasteiger partial charge in [0, 0.05) is 51.5 Å². The topological polar surface area (TPSA) is 42.9 Å². The number of benzene rings is 2. The number of aliphatic imine (C=N–C) groups is 1. The minimum atomic E-state index is 0.443. The highest BCUT2D eigenvalue weighted by molar-refractivity contribution is 5.80. The van der Waals surface area contributed by atoms with Crippen LogP contribution in [0.3, 0.4) is 0 Å². The number of hydrogen-bond acceptors (Lipinski definition) is 3. The first-order chi connectivity index (χ1) is 15.2.